The van der Waals surface area contributed by atoms with Gasteiger partial charge in [0.25, 0.3) is 22.0 Å². The summed E-state index contributed by atoms with van der Waals surface area (Å²) in [5.41, 5.74) is 4.16. The monoisotopic (exact) mass is 596 g/mol. The molecule has 0 atom stereocenters. The minimum absolute atomic E-state index is 0.131. The van der Waals surface area contributed by atoms with E-state index in [0.29, 0.717) is 29.6 Å². The van der Waals surface area contributed by atoms with Gasteiger partial charge in [0.15, 0.2) is 0 Å². The van der Waals surface area contributed by atoms with Crippen molar-refractivity contribution in [2.75, 3.05) is 6.54 Å². The van der Waals surface area contributed by atoms with Crippen molar-refractivity contribution < 1.29 is 18.0 Å². The Kier molecular flexibility index (Phi) is 6.28. The van der Waals surface area contributed by atoms with E-state index in [1.807, 2.05) is 66.9 Å². The summed E-state index contributed by atoms with van der Waals surface area (Å²) in [6.45, 7) is 0.498. The summed E-state index contributed by atoms with van der Waals surface area (Å²) in [6, 6.07) is 23.4. The van der Waals surface area contributed by atoms with E-state index in [2.05, 4.69) is 32.1 Å². The zero-order valence-corrected chi connectivity index (χ0v) is 23.7. The number of para-hydroxylation sites is 2. The van der Waals surface area contributed by atoms with Crippen molar-refractivity contribution in [3.8, 4) is 5.69 Å². The van der Waals surface area contributed by atoms with E-state index in [0.717, 1.165) is 32.2 Å². The van der Waals surface area contributed by atoms with Gasteiger partial charge in [0.05, 0.1) is 27.9 Å². The normalized spacial score (nSPS) is 14.1. The summed E-state index contributed by atoms with van der Waals surface area (Å²) in [6.07, 6.45) is 2.34. The molecule has 210 valence electrons. The van der Waals surface area contributed by atoms with Crippen molar-refractivity contribution in [1.29, 1.82) is 0 Å². The molecule has 6 aromatic rings. The van der Waals surface area contributed by atoms with Crippen LogP contribution in [-0.4, -0.2) is 41.1 Å². The number of carbonyl (C=O) groups excluding carboxylic acids is 2. The fraction of sp³-hybridized carbons (Fsp3) is 0.100. The van der Waals surface area contributed by atoms with Crippen LogP contribution in [-0.2, 0) is 26.3 Å². The van der Waals surface area contributed by atoms with Gasteiger partial charge >= 0.3 is 0 Å². The van der Waals surface area contributed by atoms with Crippen LogP contribution in [0.1, 0.15) is 17.7 Å². The number of benzene rings is 3. The lowest BCUT2D eigenvalue weighted by Crippen LogP contribution is -2.31. The van der Waals surface area contributed by atoms with Crippen molar-refractivity contribution in [2.45, 2.75) is 13.0 Å². The number of hydrogen-bond donors (Lipinski definition) is 3. The van der Waals surface area contributed by atoms with E-state index >= 15 is 0 Å². The maximum Gasteiger partial charge on any atom is 0.274 e. The Hall–Kier alpha value is -4.62. The number of carbonyl (C=O) groups is 2. The first kappa shape index (κ1) is 26.3. The largest absolute Gasteiger partial charge is 0.314 e. The second-order valence-corrected chi connectivity index (χ2v) is 12.3. The van der Waals surface area contributed by atoms with E-state index in [4.69, 9.17) is 10.2 Å². The van der Waals surface area contributed by atoms with Gasteiger partial charge in [-0.05, 0) is 24.6 Å². The van der Waals surface area contributed by atoms with Crippen molar-refractivity contribution >= 4 is 76.4 Å². The first-order valence-electron chi connectivity index (χ1n) is 13.2. The highest BCUT2D eigenvalue weighted by Crippen LogP contribution is 2.40. The SMILES string of the molecule is NS(=O)(=O)NCCCn1nc(C2=C(c3cn(-c4csc5ccccc45)c4ccccc34)C(=O)NC2=O)c2ccccc21. The van der Waals surface area contributed by atoms with Crippen LogP contribution < -0.4 is 15.2 Å². The number of amides is 2. The molecule has 4 heterocycles. The van der Waals surface area contributed by atoms with Gasteiger partial charge in [0.2, 0.25) is 0 Å². The number of aryl methyl sites for hydroxylation is 1. The van der Waals surface area contributed by atoms with Crippen LogP contribution in [0.3, 0.4) is 0 Å². The van der Waals surface area contributed by atoms with Gasteiger partial charge in [-0.15, -0.1) is 11.3 Å². The van der Waals surface area contributed by atoms with Crippen LogP contribution in [0.5, 0.6) is 0 Å². The van der Waals surface area contributed by atoms with Crippen molar-refractivity contribution in [3.63, 3.8) is 0 Å². The number of rotatable bonds is 8. The number of fused-ring (bicyclic) bond motifs is 3. The van der Waals surface area contributed by atoms with E-state index in [1.165, 1.54) is 0 Å². The zero-order valence-electron chi connectivity index (χ0n) is 22.1. The van der Waals surface area contributed by atoms with E-state index in [-0.39, 0.29) is 17.7 Å². The fourth-order valence-corrected chi connectivity index (χ4v) is 6.96. The molecule has 42 heavy (non-hydrogen) atoms. The average Bonchev–Trinajstić information content (AvgIpc) is 3.72. The molecule has 3 aromatic heterocycles. The summed E-state index contributed by atoms with van der Waals surface area (Å²) in [7, 11) is -3.80. The van der Waals surface area contributed by atoms with Gasteiger partial charge in [-0.3, -0.25) is 19.6 Å². The molecule has 7 rings (SSSR count). The van der Waals surface area contributed by atoms with E-state index in [9.17, 15) is 18.0 Å². The smallest absolute Gasteiger partial charge is 0.274 e. The topological polar surface area (TPSA) is 141 Å². The van der Waals surface area contributed by atoms with Crippen LogP contribution in [0.2, 0.25) is 0 Å². The molecule has 1 aliphatic heterocycles. The number of nitrogens with one attached hydrogen (secondary N) is 2. The lowest BCUT2D eigenvalue weighted by molar-refractivity contribution is -0.122. The maximum atomic E-state index is 13.5. The molecular formula is C30H24N6O4S2. The van der Waals surface area contributed by atoms with Crippen LogP contribution in [0.25, 0.3) is 48.7 Å². The lowest BCUT2D eigenvalue weighted by atomic mass is 9.97. The molecule has 0 aliphatic carbocycles. The van der Waals surface area contributed by atoms with Crippen LogP contribution >= 0.6 is 11.3 Å². The molecule has 0 spiro atoms. The summed E-state index contributed by atoms with van der Waals surface area (Å²) in [5.74, 6) is -0.997. The number of hydrogen-bond acceptors (Lipinski definition) is 6. The predicted molar refractivity (Wildman–Crippen MR) is 164 cm³/mol. The Labute approximate surface area is 244 Å². The zero-order chi connectivity index (χ0) is 29.0. The van der Waals surface area contributed by atoms with Crippen LogP contribution in [0, 0.1) is 0 Å². The Morgan fingerprint density at radius 1 is 0.857 bits per heavy atom. The van der Waals surface area contributed by atoms with Gasteiger partial charge in [-0.25, -0.2) is 9.86 Å². The standard InChI is InChI=1S/C30H24N6O4S2/c31-42(39,40)32-14-7-15-36-23-12-5-2-10-20(23)28(34-36)27-26(29(37)33-30(27)38)21-16-35(22-11-4-1-8-18(21)22)24-17-41-25-13-6-3-9-19(24)25/h1-6,8-13,16-17,32H,7,14-15H2,(H2,31,39,40)(H,33,37,38). The highest BCUT2D eigenvalue weighted by molar-refractivity contribution is 7.87. The second-order valence-electron chi connectivity index (χ2n) is 9.96. The van der Waals surface area contributed by atoms with E-state index in [1.54, 1.807) is 16.0 Å². The number of aromatic nitrogens is 3. The molecule has 0 bridgehead atoms. The van der Waals surface area contributed by atoms with Gasteiger partial charge in [0.1, 0.15) is 5.69 Å². The highest BCUT2D eigenvalue weighted by atomic mass is 32.2. The number of thiophene rings is 1. The third-order valence-corrected chi connectivity index (χ3v) is 8.93. The highest BCUT2D eigenvalue weighted by Gasteiger charge is 2.36. The summed E-state index contributed by atoms with van der Waals surface area (Å²) in [5, 5.41) is 17.1. The third-order valence-electron chi connectivity index (χ3n) is 7.38. The second kappa shape index (κ2) is 10.0. The average molecular weight is 597 g/mol. The van der Waals surface area contributed by atoms with Crippen molar-refractivity contribution in [3.05, 3.63) is 95.6 Å². The molecular weight excluding hydrogens is 573 g/mol. The van der Waals surface area contributed by atoms with Gasteiger partial charge in [-0.1, -0.05) is 54.6 Å². The molecule has 0 radical (unpaired) electrons. The first-order chi connectivity index (χ1) is 20.3. The summed E-state index contributed by atoms with van der Waals surface area (Å²) in [4.78, 5) is 26.9. The fourth-order valence-electron chi connectivity index (χ4n) is 5.59. The molecule has 0 saturated heterocycles. The van der Waals surface area contributed by atoms with Crippen molar-refractivity contribution in [1.82, 2.24) is 24.4 Å². The molecule has 4 N–H and O–H groups in total. The van der Waals surface area contributed by atoms with Crippen molar-refractivity contribution in [2.24, 2.45) is 5.14 Å². The first-order valence-corrected chi connectivity index (χ1v) is 15.6. The van der Waals surface area contributed by atoms with Gasteiger partial charge < -0.3 is 4.57 Å². The molecule has 0 unspecified atom stereocenters. The quantitative estimate of drug-likeness (QED) is 0.180. The number of nitrogens with two attached hydrogens (primary N) is 1. The number of imide groups is 1. The molecule has 12 heteroatoms. The summed E-state index contributed by atoms with van der Waals surface area (Å²) >= 11 is 1.65. The Balaban J connectivity index is 1.40. The molecule has 1 aliphatic rings. The van der Waals surface area contributed by atoms with E-state index < -0.39 is 22.0 Å². The summed E-state index contributed by atoms with van der Waals surface area (Å²) < 4.78 is 29.7. The van der Waals surface area contributed by atoms with Gasteiger partial charge in [-0.2, -0.15) is 13.5 Å². The minimum atomic E-state index is -3.80. The van der Waals surface area contributed by atoms with Crippen LogP contribution in [0.4, 0.5) is 0 Å². The minimum Gasteiger partial charge on any atom is -0.314 e. The third kappa shape index (κ3) is 4.41. The van der Waals surface area contributed by atoms with Crippen LogP contribution in [0.15, 0.2) is 84.4 Å². The molecule has 2 amide bonds. The Morgan fingerprint density at radius 3 is 2.31 bits per heavy atom. The molecule has 0 saturated carbocycles. The molecule has 10 nitrogen and oxygen atoms in total. The maximum absolute atomic E-state index is 13.5. The predicted octanol–water partition coefficient (Wildman–Crippen LogP) is 3.95. The van der Waals surface area contributed by atoms with Gasteiger partial charge in [0, 0.05) is 51.1 Å². The number of nitrogens with zero attached hydrogens (tertiary/aromatic N) is 3. The Morgan fingerprint density at radius 2 is 1.52 bits per heavy atom. The molecule has 3 aromatic carbocycles. The lowest BCUT2D eigenvalue weighted by Gasteiger charge is -2.04. The molecule has 0 fully saturated rings. The Bertz CT molecular complexity index is 2210.